The average Bonchev–Trinajstić information content (AvgIpc) is 3.42. The number of benzene rings is 1. The molecular weight excluding hydrogens is 334 g/mol. The Hall–Kier alpha value is -2.41. The van der Waals surface area contributed by atoms with Gasteiger partial charge in [0.05, 0.1) is 23.5 Å². The van der Waals surface area contributed by atoms with Gasteiger partial charge in [0.25, 0.3) is 0 Å². The number of rotatable bonds is 6. The Kier molecular flexibility index (Phi) is 5.00. The van der Waals surface area contributed by atoms with Crippen molar-refractivity contribution in [1.29, 1.82) is 0 Å². The normalized spacial score (nSPS) is 18.1. The van der Waals surface area contributed by atoms with Crippen molar-refractivity contribution in [2.45, 2.75) is 45.7 Å². The van der Waals surface area contributed by atoms with Crippen molar-refractivity contribution in [3.8, 4) is 0 Å². The number of anilines is 2. The minimum Gasteiger partial charge on any atom is -0.478 e. The summed E-state index contributed by atoms with van der Waals surface area (Å²) in [6.45, 7) is 6.18. The van der Waals surface area contributed by atoms with E-state index < -0.39 is 5.97 Å². The van der Waals surface area contributed by atoms with Gasteiger partial charge in [0.15, 0.2) is 0 Å². The number of carbonyl (C=O) groups is 3. The molecule has 0 bridgehead atoms. The first-order chi connectivity index (χ1) is 12.3. The van der Waals surface area contributed by atoms with E-state index in [4.69, 9.17) is 0 Å². The number of fused-ring (bicyclic) bond motifs is 1. The van der Waals surface area contributed by atoms with Gasteiger partial charge >= 0.3 is 5.97 Å². The van der Waals surface area contributed by atoms with Gasteiger partial charge in [0.1, 0.15) is 6.54 Å². The summed E-state index contributed by atoms with van der Waals surface area (Å²) in [5.74, 6) is -1.03. The van der Waals surface area contributed by atoms with Crippen LogP contribution in [-0.4, -0.2) is 48.1 Å². The summed E-state index contributed by atoms with van der Waals surface area (Å²) in [5.41, 5.74) is 1.23. The Morgan fingerprint density at radius 3 is 2.50 bits per heavy atom. The number of aromatic carboxylic acids is 1. The van der Waals surface area contributed by atoms with Gasteiger partial charge in [-0.3, -0.25) is 14.5 Å². The van der Waals surface area contributed by atoms with Crippen molar-refractivity contribution in [3.05, 3.63) is 23.8 Å². The summed E-state index contributed by atoms with van der Waals surface area (Å²) in [4.78, 5) is 39.8. The van der Waals surface area contributed by atoms with Crippen LogP contribution in [0, 0.1) is 5.92 Å². The molecular formula is C19H25N3O4. The molecule has 0 spiro atoms. The van der Waals surface area contributed by atoms with Gasteiger partial charge in [-0.05, 0) is 43.9 Å². The van der Waals surface area contributed by atoms with Crippen LogP contribution in [0.4, 0.5) is 11.4 Å². The molecule has 2 N–H and O–H groups in total. The molecule has 1 aliphatic carbocycles. The maximum Gasteiger partial charge on any atom is 0.335 e. The summed E-state index contributed by atoms with van der Waals surface area (Å²) in [6, 6.07) is 4.93. The lowest BCUT2D eigenvalue weighted by Gasteiger charge is -2.36. The lowest BCUT2D eigenvalue weighted by molar-refractivity contribution is -0.122. The smallest absolute Gasteiger partial charge is 0.335 e. The Morgan fingerprint density at radius 1 is 1.23 bits per heavy atom. The van der Waals surface area contributed by atoms with Crippen LogP contribution in [0.15, 0.2) is 18.2 Å². The highest BCUT2D eigenvalue weighted by atomic mass is 16.4. The Morgan fingerprint density at radius 2 is 1.92 bits per heavy atom. The second-order valence-corrected chi connectivity index (χ2v) is 7.40. The number of hydrogen-bond donors (Lipinski definition) is 2. The van der Waals surface area contributed by atoms with Gasteiger partial charge in [-0.1, -0.05) is 13.8 Å². The molecule has 2 aliphatic rings. The standard InChI is InChI=1S/C19H25N3O4/c1-11(2)12(3)20-9-17(23)21-10-18(24)22(14-5-6-14)15-7-4-13(19(25)26)8-16(15)21/h4,7-8,11-12,14,20H,5-6,9-10H2,1-3H3,(H,25,26)/t12-/m0/s1. The number of nitrogens with zero attached hydrogens (tertiary/aromatic N) is 2. The van der Waals surface area contributed by atoms with Crippen molar-refractivity contribution in [2.75, 3.05) is 22.9 Å². The zero-order valence-electron chi connectivity index (χ0n) is 15.4. The van der Waals surface area contributed by atoms with Crippen LogP contribution >= 0.6 is 0 Å². The fourth-order valence-electron chi connectivity index (χ4n) is 3.04. The Bertz CT molecular complexity index is 742. The van der Waals surface area contributed by atoms with E-state index in [1.807, 2.05) is 6.92 Å². The van der Waals surface area contributed by atoms with E-state index in [2.05, 4.69) is 19.2 Å². The number of carboxylic acids is 1. The highest BCUT2D eigenvalue weighted by molar-refractivity contribution is 6.12. The largest absolute Gasteiger partial charge is 0.478 e. The minimum atomic E-state index is -1.05. The van der Waals surface area contributed by atoms with Crippen molar-refractivity contribution in [3.63, 3.8) is 0 Å². The van der Waals surface area contributed by atoms with E-state index in [-0.39, 0.29) is 42.6 Å². The molecule has 1 atom stereocenters. The maximum atomic E-state index is 12.8. The van der Waals surface area contributed by atoms with E-state index >= 15 is 0 Å². The van der Waals surface area contributed by atoms with Gasteiger partial charge in [-0.15, -0.1) is 0 Å². The fourth-order valence-corrected chi connectivity index (χ4v) is 3.04. The lowest BCUT2D eigenvalue weighted by atomic mass is 10.1. The monoisotopic (exact) mass is 359 g/mol. The molecule has 0 unspecified atom stereocenters. The molecule has 7 nitrogen and oxygen atoms in total. The second-order valence-electron chi connectivity index (χ2n) is 7.40. The first kappa shape index (κ1) is 18.4. The highest BCUT2D eigenvalue weighted by Crippen LogP contribution is 2.41. The van der Waals surface area contributed by atoms with Crippen molar-refractivity contribution in [1.82, 2.24) is 5.32 Å². The van der Waals surface area contributed by atoms with Crippen molar-refractivity contribution in [2.24, 2.45) is 5.92 Å². The Balaban J connectivity index is 1.90. The molecule has 3 rings (SSSR count). The van der Waals surface area contributed by atoms with Gasteiger partial charge in [0, 0.05) is 12.1 Å². The van der Waals surface area contributed by atoms with Crippen LogP contribution in [0.1, 0.15) is 44.0 Å². The van der Waals surface area contributed by atoms with Crippen LogP contribution < -0.4 is 15.1 Å². The minimum absolute atomic E-state index is 0.0524. The Labute approximate surface area is 153 Å². The molecule has 1 aliphatic heterocycles. The number of amides is 2. The third kappa shape index (κ3) is 3.58. The molecule has 1 aromatic carbocycles. The predicted molar refractivity (Wildman–Crippen MR) is 98.6 cm³/mol. The van der Waals surface area contributed by atoms with Crippen LogP contribution in [-0.2, 0) is 9.59 Å². The molecule has 140 valence electrons. The third-order valence-electron chi connectivity index (χ3n) is 5.12. The SMILES string of the molecule is CC(C)[C@H](C)NCC(=O)N1CC(=O)N(C2CC2)c2ccc(C(=O)O)cc21. The molecule has 1 saturated carbocycles. The molecule has 2 amide bonds. The predicted octanol–water partition coefficient (Wildman–Crippen LogP) is 1.86. The van der Waals surface area contributed by atoms with Gasteiger partial charge < -0.3 is 15.3 Å². The fraction of sp³-hybridized carbons (Fsp3) is 0.526. The highest BCUT2D eigenvalue weighted by Gasteiger charge is 2.40. The lowest BCUT2D eigenvalue weighted by Crippen LogP contribution is -2.51. The summed E-state index contributed by atoms with van der Waals surface area (Å²) >= 11 is 0. The molecule has 0 aromatic heterocycles. The molecule has 0 saturated heterocycles. The second kappa shape index (κ2) is 7.07. The zero-order chi connectivity index (χ0) is 19.0. The summed E-state index contributed by atoms with van der Waals surface area (Å²) in [7, 11) is 0. The van der Waals surface area contributed by atoms with Crippen molar-refractivity contribution >= 4 is 29.2 Å². The van der Waals surface area contributed by atoms with Crippen LogP contribution in [0.25, 0.3) is 0 Å². The number of nitrogens with one attached hydrogen (secondary N) is 1. The number of carbonyl (C=O) groups excluding carboxylic acids is 2. The first-order valence-electron chi connectivity index (χ1n) is 9.02. The van der Waals surface area contributed by atoms with Crippen LogP contribution in [0.5, 0.6) is 0 Å². The van der Waals surface area contributed by atoms with E-state index in [9.17, 15) is 19.5 Å². The van der Waals surface area contributed by atoms with E-state index in [0.717, 1.165) is 12.8 Å². The maximum absolute atomic E-state index is 12.8. The topological polar surface area (TPSA) is 90.0 Å². The quantitative estimate of drug-likeness (QED) is 0.809. The zero-order valence-corrected chi connectivity index (χ0v) is 15.4. The summed E-state index contributed by atoms with van der Waals surface area (Å²) < 4.78 is 0. The average molecular weight is 359 g/mol. The van der Waals surface area contributed by atoms with E-state index in [1.54, 1.807) is 11.0 Å². The number of hydrogen-bond acceptors (Lipinski definition) is 4. The number of carboxylic acid groups (broad SMARTS) is 1. The van der Waals surface area contributed by atoms with Gasteiger partial charge in [0.2, 0.25) is 11.8 Å². The molecule has 1 fully saturated rings. The van der Waals surface area contributed by atoms with Crippen LogP contribution in [0.3, 0.4) is 0 Å². The molecule has 7 heteroatoms. The van der Waals surface area contributed by atoms with Crippen LogP contribution in [0.2, 0.25) is 0 Å². The third-order valence-corrected chi connectivity index (χ3v) is 5.12. The molecule has 1 aromatic rings. The summed E-state index contributed by atoms with van der Waals surface area (Å²) in [6.07, 6.45) is 1.88. The molecule has 1 heterocycles. The van der Waals surface area contributed by atoms with E-state index in [0.29, 0.717) is 17.3 Å². The summed E-state index contributed by atoms with van der Waals surface area (Å²) in [5, 5.41) is 12.5. The van der Waals surface area contributed by atoms with Gasteiger partial charge in [-0.2, -0.15) is 0 Å². The van der Waals surface area contributed by atoms with Gasteiger partial charge in [-0.25, -0.2) is 4.79 Å². The molecule has 26 heavy (non-hydrogen) atoms. The van der Waals surface area contributed by atoms with Crippen molar-refractivity contribution < 1.29 is 19.5 Å². The first-order valence-corrected chi connectivity index (χ1v) is 9.02. The molecule has 0 radical (unpaired) electrons. The van der Waals surface area contributed by atoms with E-state index in [1.165, 1.54) is 17.0 Å².